The number of likely N-dealkylation sites (N-methyl/N-ethyl adjacent to an activating group) is 1. The number of nitrogens with one attached hydrogen (secondary N) is 1. The number of benzene rings is 1. The predicted octanol–water partition coefficient (Wildman–Crippen LogP) is 2.20. The third-order valence-corrected chi connectivity index (χ3v) is 6.45. The summed E-state index contributed by atoms with van der Waals surface area (Å²) in [7, 11) is 4.08. The molecule has 5 nitrogen and oxygen atoms in total. The minimum Gasteiger partial charge on any atom is -0.326 e. The molecular formula is C21H34N4O. The molecule has 2 fully saturated rings. The Morgan fingerprint density at radius 3 is 2.27 bits per heavy atom. The second-order valence-electron chi connectivity index (χ2n) is 8.25. The van der Waals surface area contributed by atoms with Gasteiger partial charge in [0.1, 0.15) is 5.54 Å². The van der Waals surface area contributed by atoms with Crippen molar-refractivity contribution in [3.63, 3.8) is 0 Å². The molecule has 0 aromatic heterocycles. The number of rotatable bonds is 4. The molecule has 0 spiro atoms. The zero-order valence-electron chi connectivity index (χ0n) is 16.7. The second kappa shape index (κ2) is 7.67. The molecule has 144 valence electrons. The molecule has 1 aromatic carbocycles. The third-order valence-electron chi connectivity index (χ3n) is 6.45. The van der Waals surface area contributed by atoms with Crippen molar-refractivity contribution < 1.29 is 4.79 Å². The topological polar surface area (TPSA) is 61.6 Å². The highest BCUT2D eigenvalue weighted by Gasteiger charge is 2.47. The standard InChI is InChI=1S/C21H34N4O/c1-15-7-5-8-16(2)19(15)25(18-10-6-9-17(18)22)20(26)21(24(3)4)11-13-23-14-12-21/h5,7-8,17-18,23H,6,9-14,22H2,1-4H3/t17-,18-/m1/s1. The number of anilines is 1. The Balaban J connectivity index is 2.09. The molecule has 0 bridgehead atoms. The van der Waals surface area contributed by atoms with Gasteiger partial charge in [0.25, 0.3) is 0 Å². The summed E-state index contributed by atoms with van der Waals surface area (Å²) in [6, 6.07) is 6.42. The zero-order valence-corrected chi connectivity index (χ0v) is 16.7. The summed E-state index contributed by atoms with van der Waals surface area (Å²) >= 11 is 0. The Kier molecular flexibility index (Phi) is 5.70. The Hall–Kier alpha value is -1.43. The average Bonchev–Trinajstić information content (AvgIpc) is 3.04. The van der Waals surface area contributed by atoms with Crippen molar-refractivity contribution >= 4 is 11.6 Å². The maximum absolute atomic E-state index is 14.1. The lowest BCUT2D eigenvalue weighted by atomic mass is 9.84. The Bertz CT molecular complexity index is 631. The summed E-state index contributed by atoms with van der Waals surface area (Å²) in [6.07, 6.45) is 4.75. The van der Waals surface area contributed by atoms with Crippen LogP contribution in [0.2, 0.25) is 0 Å². The molecular weight excluding hydrogens is 324 g/mol. The first kappa shape index (κ1) is 19.3. The molecule has 2 aliphatic rings. The van der Waals surface area contributed by atoms with Gasteiger partial charge in [0, 0.05) is 11.7 Å². The highest BCUT2D eigenvalue weighted by molar-refractivity contribution is 6.02. The summed E-state index contributed by atoms with van der Waals surface area (Å²) in [4.78, 5) is 18.3. The quantitative estimate of drug-likeness (QED) is 0.866. The molecule has 1 amide bonds. The van der Waals surface area contributed by atoms with Crippen LogP contribution >= 0.6 is 0 Å². The van der Waals surface area contributed by atoms with Gasteiger partial charge in [0.15, 0.2) is 0 Å². The van der Waals surface area contributed by atoms with Crippen molar-refractivity contribution in [1.82, 2.24) is 10.2 Å². The highest BCUT2D eigenvalue weighted by Crippen LogP contribution is 2.37. The average molecular weight is 359 g/mol. The molecule has 0 radical (unpaired) electrons. The lowest BCUT2D eigenvalue weighted by Gasteiger charge is -2.47. The van der Waals surface area contributed by atoms with Crippen LogP contribution in [-0.4, -0.2) is 55.6 Å². The number of amides is 1. The van der Waals surface area contributed by atoms with E-state index in [-0.39, 0.29) is 18.0 Å². The molecule has 1 saturated carbocycles. The number of nitrogens with two attached hydrogens (primary N) is 1. The van der Waals surface area contributed by atoms with Gasteiger partial charge in [-0.2, -0.15) is 0 Å². The van der Waals surface area contributed by atoms with Gasteiger partial charge in [-0.15, -0.1) is 0 Å². The number of para-hydroxylation sites is 1. The lowest BCUT2D eigenvalue weighted by molar-refractivity contribution is -0.131. The number of carbonyl (C=O) groups is 1. The maximum atomic E-state index is 14.1. The molecule has 0 unspecified atom stereocenters. The van der Waals surface area contributed by atoms with Gasteiger partial charge in [-0.1, -0.05) is 18.2 Å². The van der Waals surface area contributed by atoms with Crippen LogP contribution < -0.4 is 16.0 Å². The predicted molar refractivity (Wildman–Crippen MR) is 108 cm³/mol. The number of carbonyl (C=O) groups excluding carboxylic acids is 1. The van der Waals surface area contributed by atoms with Crippen molar-refractivity contribution in [2.24, 2.45) is 5.73 Å². The number of nitrogens with zero attached hydrogens (tertiary/aromatic N) is 2. The van der Waals surface area contributed by atoms with Crippen molar-refractivity contribution in [1.29, 1.82) is 0 Å². The summed E-state index contributed by atoms with van der Waals surface area (Å²) in [5.74, 6) is 0.226. The van der Waals surface area contributed by atoms with Gasteiger partial charge in [-0.05, 0) is 84.3 Å². The van der Waals surface area contributed by atoms with E-state index in [4.69, 9.17) is 5.73 Å². The first-order valence-electron chi connectivity index (χ1n) is 9.92. The Morgan fingerprint density at radius 2 is 1.77 bits per heavy atom. The molecule has 3 rings (SSSR count). The monoisotopic (exact) mass is 358 g/mol. The number of hydrogen-bond donors (Lipinski definition) is 2. The lowest BCUT2D eigenvalue weighted by Crippen LogP contribution is -2.64. The van der Waals surface area contributed by atoms with Crippen LogP contribution in [0, 0.1) is 13.8 Å². The van der Waals surface area contributed by atoms with Gasteiger partial charge >= 0.3 is 0 Å². The van der Waals surface area contributed by atoms with Gasteiger partial charge in [-0.3, -0.25) is 9.69 Å². The minimum absolute atomic E-state index is 0.0545. The minimum atomic E-state index is -0.456. The fraction of sp³-hybridized carbons (Fsp3) is 0.667. The molecule has 26 heavy (non-hydrogen) atoms. The van der Waals surface area contributed by atoms with Crippen LogP contribution in [-0.2, 0) is 4.79 Å². The summed E-state index contributed by atoms with van der Waals surface area (Å²) in [5.41, 5.74) is 9.40. The normalized spacial score (nSPS) is 25.5. The number of aryl methyl sites for hydroxylation is 2. The van der Waals surface area contributed by atoms with Gasteiger partial charge in [0.2, 0.25) is 5.91 Å². The molecule has 2 atom stereocenters. The van der Waals surface area contributed by atoms with Crippen molar-refractivity contribution in [3.8, 4) is 0 Å². The summed E-state index contributed by atoms with van der Waals surface area (Å²) in [6.45, 7) is 5.96. The van der Waals surface area contributed by atoms with Gasteiger partial charge < -0.3 is 16.0 Å². The van der Waals surface area contributed by atoms with Gasteiger partial charge in [-0.25, -0.2) is 0 Å². The zero-order chi connectivity index (χ0) is 18.9. The molecule has 5 heteroatoms. The smallest absolute Gasteiger partial charge is 0.247 e. The van der Waals surface area contributed by atoms with Crippen LogP contribution in [0.5, 0.6) is 0 Å². The van der Waals surface area contributed by atoms with Crippen LogP contribution in [0.1, 0.15) is 43.2 Å². The molecule has 1 aromatic rings. The first-order chi connectivity index (χ1) is 12.4. The number of hydrogen-bond acceptors (Lipinski definition) is 4. The fourth-order valence-electron chi connectivity index (χ4n) is 4.81. The SMILES string of the molecule is Cc1cccc(C)c1N(C(=O)C1(N(C)C)CCNCC1)[C@@H]1CCC[C@H]1N. The summed E-state index contributed by atoms with van der Waals surface area (Å²) < 4.78 is 0. The molecule has 3 N–H and O–H groups in total. The molecule has 1 heterocycles. The van der Waals surface area contributed by atoms with E-state index in [2.05, 4.69) is 47.2 Å². The van der Waals surface area contributed by atoms with Crippen molar-refractivity contribution in [3.05, 3.63) is 29.3 Å². The number of piperidine rings is 1. The van der Waals surface area contributed by atoms with Crippen LogP contribution in [0.3, 0.4) is 0 Å². The Labute approximate surface area is 157 Å². The van der Waals surface area contributed by atoms with Crippen LogP contribution in [0.4, 0.5) is 5.69 Å². The van der Waals surface area contributed by atoms with Crippen molar-refractivity contribution in [2.75, 3.05) is 32.1 Å². The first-order valence-corrected chi connectivity index (χ1v) is 9.92. The van der Waals surface area contributed by atoms with Gasteiger partial charge in [0.05, 0.1) is 6.04 Å². The van der Waals surface area contributed by atoms with E-state index in [1.54, 1.807) is 0 Å². The fourth-order valence-corrected chi connectivity index (χ4v) is 4.81. The third kappa shape index (κ3) is 3.28. The largest absolute Gasteiger partial charge is 0.326 e. The van der Waals surface area contributed by atoms with E-state index >= 15 is 0 Å². The summed E-state index contributed by atoms with van der Waals surface area (Å²) in [5, 5.41) is 3.41. The van der Waals surface area contributed by atoms with E-state index in [1.165, 1.54) is 0 Å². The van der Waals surface area contributed by atoms with Crippen LogP contribution in [0.15, 0.2) is 18.2 Å². The van der Waals surface area contributed by atoms with E-state index in [0.717, 1.165) is 62.0 Å². The Morgan fingerprint density at radius 1 is 1.15 bits per heavy atom. The van der Waals surface area contributed by atoms with E-state index < -0.39 is 5.54 Å². The molecule has 1 aliphatic carbocycles. The van der Waals surface area contributed by atoms with Crippen LogP contribution in [0.25, 0.3) is 0 Å². The molecule has 1 saturated heterocycles. The highest BCUT2D eigenvalue weighted by atomic mass is 16.2. The maximum Gasteiger partial charge on any atom is 0.247 e. The van der Waals surface area contributed by atoms with E-state index in [9.17, 15) is 4.79 Å². The van der Waals surface area contributed by atoms with E-state index in [1.807, 2.05) is 14.1 Å². The molecule has 1 aliphatic heterocycles. The van der Waals surface area contributed by atoms with E-state index in [0.29, 0.717) is 0 Å². The van der Waals surface area contributed by atoms with Crippen molar-refractivity contribution in [2.45, 2.75) is 63.6 Å². The second-order valence-corrected chi connectivity index (χ2v) is 8.25.